The van der Waals surface area contributed by atoms with Crippen molar-refractivity contribution in [1.29, 1.82) is 0 Å². The average molecular weight is 572 g/mol. The summed E-state index contributed by atoms with van der Waals surface area (Å²) in [6.45, 7) is 3.50. The monoisotopic (exact) mass is 571 g/mol. The Morgan fingerprint density at radius 2 is 1.98 bits per heavy atom. The van der Waals surface area contributed by atoms with Crippen LogP contribution in [0, 0.1) is 0 Å². The van der Waals surface area contributed by atoms with Crippen molar-refractivity contribution in [2.75, 3.05) is 16.8 Å². The summed E-state index contributed by atoms with van der Waals surface area (Å²) in [5.74, 6) is 1.59. The number of tetrazole rings is 1. The number of aromatic amines is 1. The number of hydrogen-bond acceptors (Lipinski definition) is 7. The van der Waals surface area contributed by atoms with Crippen LogP contribution in [0.2, 0.25) is 5.02 Å². The molecule has 11 nitrogen and oxygen atoms in total. The zero-order valence-corrected chi connectivity index (χ0v) is 23.4. The third kappa shape index (κ3) is 5.45. The molecule has 0 aliphatic carbocycles. The van der Waals surface area contributed by atoms with Crippen molar-refractivity contribution >= 4 is 34.8 Å². The van der Waals surface area contributed by atoms with Gasteiger partial charge in [-0.05, 0) is 48.7 Å². The van der Waals surface area contributed by atoms with E-state index >= 15 is 0 Å². The van der Waals surface area contributed by atoms with Crippen LogP contribution in [0.15, 0.2) is 65.6 Å². The van der Waals surface area contributed by atoms with Crippen molar-refractivity contribution in [3.05, 3.63) is 76.2 Å². The van der Waals surface area contributed by atoms with E-state index in [9.17, 15) is 9.59 Å². The zero-order valence-electron chi connectivity index (χ0n) is 22.6. The highest BCUT2D eigenvalue weighted by atomic mass is 35.5. The molecule has 210 valence electrons. The van der Waals surface area contributed by atoms with E-state index in [1.807, 2.05) is 53.4 Å². The van der Waals surface area contributed by atoms with Crippen molar-refractivity contribution in [1.82, 2.24) is 34.6 Å². The number of aromatic nitrogens is 7. The molecule has 1 fully saturated rings. The van der Waals surface area contributed by atoms with Gasteiger partial charge in [-0.25, -0.2) is 4.98 Å². The van der Waals surface area contributed by atoms with Gasteiger partial charge in [0.05, 0.1) is 5.69 Å². The number of benzene rings is 2. The van der Waals surface area contributed by atoms with E-state index < -0.39 is 6.04 Å². The van der Waals surface area contributed by atoms with Crippen LogP contribution < -0.4 is 15.8 Å². The summed E-state index contributed by atoms with van der Waals surface area (Å²) < 4.78 is 3.67. The Balaban J connectivity index is 1.34. The topological polar surface area (TPSA) is 126 Å². The summed E-state index contributed by atoms with van der Waals surface area (Å²) in [7, 11) is 0. The number of anilines is 2. The second-order valence-corrected chi connectivity index (χ2v) is 10.6. The Bertz CT molecular complexity index is 1730. The highest BCUT2D eigenvalue weighted by molar-refractivity contribution is 6.30. The standard InChI is InChI=1S/C29H30ClN9O2/c1-2-3-4-14-38-25(17-26(40)39-18-23(32-29(38)39)19-10-12-21(30)13-11-19)37-15-6-9-24(37)28(41)31-22-8-5-7-20(16-22)27-33-35-36-34-27/h5,7-8,10-13,16-18,24H,2-4,6,9,14-15H2,1H3,(H,31,41)(H,33,34,35,36)/t24-/m0/s1. The fourth-order valence-corrected chi connectivity index (χ4v) is 5.50. The predicted molar refractivity (Wildman–Crippen MR) is 158 cm³/mol. The number of carbonyl (C=O) groups is 1. The Kier molecular flexibility index (Phi) is 7.51. The first-order valence-electron chi connectivity index (χ1n) is 13.8. The third-order valence-electron chi connectivity index (χ3n) is 7.40. The normalized spacial score (nSPS) is 15.1. The van der Waals surface area contributed by atoms with E-state index in [2.05, 4.69) is 37.4 Å². The number of nitrogens with zero attached hydrogens (tertiary/aromatic N) is 7. The molecule has 6 rings (SSSR count). The van der Waals surface area contributed by atoms with E-state index in [1.54, 1.807) is 16.7 Å². The second kappa shape index (κ2) is 11.5. The SMILES string of the molecule is CCCCCn1c(N2CCC[C@H]2C(=O)Nc2cccc(-c3nn[nH]n3)c2)cc(=O)n2cc(-c3ccc(Cl)cc3)nc12. The molecule has 1 amide bonds. The molecule has 1 atom stereocenters. The summed E-state index contributed by atoms with van der Waals surface area (Å²) in [6.07, 6.45) is 6.32. The largest absolute Gasteiger partial charge is 0.346 e. The van der Waals surface area contributed by atoms with Crippen molar-refractivity contribution in [3.8, 4) is 22.6 Å². The molecule has 0 unspecified atom stereocenters. The van der Waals surface area contributed by atoms with Gasteiger partial charge in [-0.15, -0.1) is 10.2 Å². The molecule has 2 N–H and O–H groups in total. The number of amides is 1. The third-order valence-corrected chi connectivity index (χ3v) is 7.66. The number of rotatable bonds is 9. The lowest BCUT2D eigenvalue weighted by atomic mass is 10.1. The summed E-state index contributed by atoms with van der Waals surface area (Å²) in [6, 6.07) is 15.9. The zero-order chi connectivity index (χ0) is 28.3. The number of hydrogen-bond donors (Lipinski definition) is 2. The van der Waals surface area contributed by atoms with Crippen LogP contribution in [-0.2, 0) is 11.3 Å². The molecular weight excluding hydrogens is 542 g/mol. The lowest BCUT2D eigenvalue weighted by molar-refractivity contribution is -0.117. The average Bonchev–Trinajstić information content (AvgIpc) is 3.76. The van der Waals surface area contributed by atoms with Gasteiger partial charge in [-0.2, -0.15) is 5.21 Å². The highest BCUT2D eigenvalue weighted by Gasteiger charge is 2.33. The number of carbonyl (C=O) groups excluding carboxylic acids is 1. The summed E-state index contributed by atoms with van der Waals surface area (Å²) in [4.78, 5) is 33.9. The number of aryl methyl sites for hydroxylation is 1. The van der Waals surface area contributed by atoms with Crippen LogP contribution in [0.3, 0.4) is 0 Å². The van der Waals surface area contributed by atoms with E-state index in [0.29, 0.717) is 53.3 Å². The van der Waals surface area contributed by atoms with E-state index in [0.717, 1.165) is 36.8 Å². The van der Waals surface area contributed by atoms with E-state index in [4.69, 9.17) is 16.6 Å². The quantitative estimate of drug-likeness (QED) is 0.243. The summed E-state index contributed by atoms with van der Waals surface area (Å²) in [5, 5.41) is 17.8. The first-order chi connectivity index (χ1) is 20.0. The molecule has 0 bridgehead atoms. The fourth-order valence-electron chi connectivity index (χ4n) is 5.37. The Morgan fingerprint density at radius 3 is 2.76 bits per heavy atom. The molecule has 4 heterocycles. The maximum Gasteiger partial charge on any atom is 0.261 e. The maximum absolute atomic E-state index is 13.6. The van der Waals surface area contributed by atoms with Crippen LogP contribution in [0.25, 0.3) is 28.4 Å². The molecule has 12 heteroatoms. The molecule has 0 spiro atoms. The highest BCUT2D eigenvalue weighted by Crippen LogP contribution is 2.29. The van der Waals surface area contributed by atoms with Crippen LogP contribution >= 0.6 is 11.6 Å². The van der Waals surface area contributed by atoms with Gasteiger partial charge in [0.15, 0.2) is 0 Å². The van der Waals surface area contributed by atoms with Crippen LogP contribution in [0.1, 0.15) is 39.0 Å². The van der Waals surface area contributed by atoms with Gasteiger partial charge in [0, 0.05) is 47.2 Å². The molecule has 41 heavy (non-hydrogen) atoms. The minimum Gasteiger partial charge on any atom is -0.346 e. The number of imidazole rings is 1. The van der Waals surface area contributed by atoms with Crippen molar-refractivity contribution < 1.29 is 4.79 Å². The van der Waals surface area contributed by atoms with E-state index in [1.165, 1.54) is 0 Å². The molecular formula is C29H30ClN9O2. The van der Waals surface area contributed by atoms with Crippen molar-refractivity contribution in [3.63, 3.8) is 0 Å². The molecule has 2 aromatic carbocycles. The molecule has 5 aromatic rings. The fraction of sp³-hybridized carbons (Fsp3) is 0.310. The number of H-pyrrole nitrogens is 1. The molecule has 1 saturated heterocycles. The van der Waals surface area contributed by atoms with Gasteiger partial charge in [-0.3, -0.25) is 18.6 Å². The van der Waals surface area contributed by atoms with Crippen LogP contribution in [0.4, 0.5) is 11.5 Å². The molecule has 0 saturated carbocycles. The molecule has 3 aromatic heterocycles. The number of unbranched alkanes of at least 4 members (excludes halogenated alkanes) is 2. The first-order valence-corrected chi connectivity index (χ1v) is 14.2. The summed E-state index contributed by atoms with van der Waals surface area (Å²) >= 11 is 6.09. The first kappa shape index (κ1) is 26.7. The predicted octanol–water partition coefficient (Wildman–Crippen LogP) is 4.79. The Morgan fingerprint density at radius 1 is 1.12 bits per heavy atom. The van der Waals surface area contributed by atoms with Gasteiger partial charge in [-0.1, -0.05) is 55.6 Å². The van der Waals surface area contributed by atoms with Gasteiger partial charge in [0.2, 0.25) is 17.5 Å². The van der Waals surface area contributed by atoms with Gasteiger partial charge >= 0.3 is 0 Å². The lowest BCUT2D eigenvalue weighted by Crippen LogP contribution is -2.42. The Labute approximate surface area is 241 Å². The van der Waals surface area contributed by atoms with Crippen LogP contribution in [0.5, 0.6) is 0 Å². The molecule has 0 radical (unpaired) electrons. The number of fused-ring (bicyclic) bond motifs is 1. The van der Waals surface area contributed by atoms with Gasteiger partial charge < -0.3 is 10.2 Å². The van der Waals surface area contributed by atoms with Gasteiger partial charge in [0.1, 0.15) is 11.9 Å². The molecule has 1 aliphatic rings. The molecule has 1 aliphatic heterocycles. The lowest BCUT2D eigenvalue weighted by Gasteiger charge is -2.29. The number of halogens is 1. The van der Waals surface area contributed by atoms with Crippen molar-refractivity contribution in [2.24, 2.45) is 0 Å². The van der Waals surface area contributed by atoms with Crippen molar-refractivity contribution in [2.45, 2.75) is 51.6 Å². The van der Waals surface area contributed by atoms with Gasteiger partial charge in [0.25, 0.3) is 5.56 Å². The Hall–Kier alpha value is -4.51. The second-order valence-electron chi connectivity index (χ2n) is 10.2. The summed E-state index contributed by atoms with van der Waals surface area (Å²) in [5.41, 5.74) is 2.76. The van der Waals surface area contributed by atoms with E-state index in [-0.39, 0.29) is 11.5 Å². The maximum atomic E-state index is 13.6. The minimum absolute atomic E-state index is 0.134. The number of nitrogens with one attached hydrogen (secondary N) is 2. The van der Waals surface area contributed by atoms with Crippen LogP contribution in [-0.4, -0.2) is 53.1 Å². The minimum atomic E-state index is -0.436. The smallest absolute Gasteiger partial charge is 0.261 e.